The number of fused-ring (bicyclic) bond motifs is 1. The lowest BCUT2D eigenvalue weighted by Crippen LogP contribution is -2.35. The van der Waals surface area contributed by atoms with Crippen LogP contribution in [0.4, 0.5) is 30.6 Å². The van der Waals surface area contributed by atoms with Gasteiger partial charge in [0.15, 0.2) is 0 Å². The number of nitrogens with zero attached hydrogens (tertiary/aromatic N) is 1. The standard InChI is InChI=1S/C25H23F2N3O2/c26-19-10-13-22(21(27)16-19)29-24(31)15-17-8-11-20(12-9-17)28-25(32)30-14-4-3-6-18-5-1-2-7-23(18)30/h1-2,5,7-13,16H,3-4,6,14-15H2,(H,28,32)(H,29,31). The van der Waals surface area contributed by atoms with Crippen LogP contribution in [-0.2, 0) is 17.6 Å². The lowest BCUT2D eigenvalue weighted by Gasteiger charge is -2.23. The van der Waals surface area contributed by atoms with Crippen molar-refractivity contribution in [3.63, 3.8) is 0 Å². The van der Waals surface area contributed by atoms with Gasteiger partial charge in [0.25, 0.3) is 0 Å². The summed E-state index contributed by atoms with van der Waals surface area (Å²) in [5.41, 5.74) is 3.34. The van der Waals surface area contributed by atoms with Crippen molar-refractivity contribution in [2.75, 3.05) is 22.1 Å². The molecule has 3 amide bonds. The van der Waals surface area contributed by atoms with Crippen LogP contribution in [0.5, 0.6) is 0 Å². The number of rotatable bonds is 4. The summed E-state index contributed by atoms with van der Waals surface area (Å²) >= 11 is 0. The van der Waals surface area contributed by atoms with Gasteiger partial charge in [-0.3, -0.25) is 9.69 Å². The van der Waals surface area contributed by atoms with Gasteiger partial charge in [-0.15, -0.1) is 0 Å². The SMILES string of the molecule is O=C(Cc1ccc(NC(=O)N2CCCCc3ccccc32)cc1)Nc1ccc(F)cc1F. The Bertz CT molecular complexity index is 1130. The van der Waals surface area contributed by atoms with Crippen molar-refractivity contribution in [1.82, 2.24) is 0 Å². The largest absolute Gasteiger partial charge is 0.326 e. The van der Waals surface area contributed by atoms with Crippen LogP contribution < -0.4 is 15.5 Å². The summed E-state index contributed by atoms with van der Waals surface area (Å²) in [6, 6.07) is 17.6. The second-order valence-corrected chi connectivity index (χ2v) is 7.71. The first-order chi connectivity index (χ1) is 15.5. The van der Waals surface area contributed by atoms with Crippen LogP contribution in [0.3, 0.4) is 0 Å². The van der Waals surface area contributed by atoms with E-state index in [1.807, 2.05) is 18.2 Å². The van der Waals surface area contributed by atoms with Gasteiger partial charge >= 0.3 is 6.03 Å². The van der Waals surface area contributed by atoms with Crippen LogP contribution in [0.25, 0.3) is 0 Å². The topological polar surface area (TPSA) is 61.4 Å². The number of urea groups is 1. The normalized spacial score (nSPS) is 13.1. The van der Waals surface area contributed by atoms with Crippen molar-refractivity contribution < 1.29 is 18.4 Å². The summed E-state index contributed by atoms with van der Waals surface area (Å²) < 4.78 is 26.7. The van der Waals surface area contributed by atoms with E-state index in [4.69, 9.17) is 0 Å². The van der Waals surface area contributed by atoms with Gasteiger partial charge < -0.3 is 10.6 Å². The van der Waals surface area contributed by atoms with Crippen molar-refractivity contribution >= 4 is 29.0 Å². The highest BCUT2D eigenvalue weighted by Crippen LogP contribution is 2.27. The molecule has 1 aliphatic rings. The van der Waals surface area contributed by atoms with Crippen molar-refractivity contribution in [2.45, 2.75) is 25.7 Å². The van der Waals surface area contributed by atoms with Gasteiger partial charge in [-0.05, 0) is 60.7 Å². The molecule has 0 radical (unpaired) electrons. The Hall–Kier alpha value is -3.74. The molecule has 0 unspecified atom stereocenters. The zero-order valence-electron chi connectivity index (χ0n) is 17.4. The Balaban J connectivity index is 1.37. The van der Waals surface area contributed by atoms with Crippen molar-refractivity contribution in [1.29, 1.82) is 0 Å². The quantitative estimate of drug-likeness (QED) is 0.567. The first kappa shape index (κ1) is 21.5. The minimum atomic E-state index is -0.827. The van der Waals surface area contributed by atoms with Crippen molar-refractivity contribution in [2.24, 2.45) is 0 Å². The fourth-order valence-corrected chi connectivity index (χ4v) is 3.77. The molecule has 0 aliphatic carbocycles. The van der Waals surface area contributed by atoms with Gasteiger partial charge in [0, 0.05) is 24.0 Å². The van der Waals surface area contributed by atoms with E-state index < -0.39 is 17.5 Å². The fourth-order valence-electron chi connectivity index (χ4n) is 3.77. The highest BCUT2D eigenvalue weighted by atomic mass is 19.1. The van der Waals surface area contributed by atoms with E-state index in [2.05, 4.69) is 16.7 Å². The molecule has 0 atom stereocenters. The molecule has 1 heterocycles. The van der Waals surface area contributed by atoms with E-state index in [1.165, 1.54) is 11.6 Å². The first-order valence-corrected chi connectivity index (χ1v) is 10.5. The molecule has 7 heteroatoms. The van der Waals surface area contributed by atoms with E-state index in [9.17, 15) is 18.4 Å². The zero-order chi connectivity index (χ0) is 22.5. The van der Waals surface area contributed by atoms with E-state index in [1.54, 1.807) is 29.2 Å². The number of benzene rings is 3. The molecule has 0 bridgehead atoms. The molecular formula is C25H23F2N3O2. The third-order valence-corrected chi connectivity index (χ3v) is 5.38. The summed E-state index contributed by atoms with van der Waals surface area (Å²) in [5.74, 6) is -1.96. The van der Waals surface area contributed by atoms with Crippen molar-refractivity contribution in [3.8, 4) is 0 Å². The van der Waals surface area contributed by atoms with Crippen LogP contribution in [0, 0.1) is 11.6 Å². The van der Waals surface area contributed by atoms with Gasteiger partial charge in [0.1, 0.15) is 11.6 Å². The minimum Gasteiger partial charge on any atom is -0.323 e. The molecule has 0 aromatic heterocycles. The Kier molecular flexibility index (Phi) is 6.44. The van der Waals surface area contributed by atoms with Crippen molar-refractivity contribution in [3.05, 3.63) is 89.5 Å². The predicted octanol–water partition coefficient (Wildman–Crippen LogP) is 5.52. The number of aryl methyl sites for hydroxylation is 1. The number of para-hydroxylation sites is 1. The summed E-state index contributed by atoms with van der Waals surface area (Å²) in [5, 5.41) is 5.35. The third kappa shape index (κ3) is 5.11. The highest BCUT2D eigenvalue weighted by molar-refractivity contribution is 6.02. The maximum absolute atomic E-state index is 13.7. The van der Waals surface area contributed by atoms with Crippen LogP contribution in [-0.4, -0.2) is 18.5 Å². The number of carbonyl (C=O) groups excluding carboxylic acids is 2. The Morgan fingerprint density at radius 1 is 0.906 bits per heavy atom. The number of anilines is 3. The fraction of sp³-hybridized carbons (Fsp3) is 0.200. The summed E-state index contributed by atoms with van der Waals surface area (Å²) in [6.07, 6.45) is 2.95. The van der Waals surface area contributed by atoms with Gasteiger partial charge in [0.2, 0.25) is 5.91 Å². The van der Waals surface area contributed by atoms with Gasteiger partial charge in [-0.25, -0.2) is 13.6 Å². The molecule has 0 fully saturated rings. The number of amides is 3. The monoisotopic (exact) mass is 435 g/mol. The van der Waals surface area contributed by atoms with E-state index in [0.29, 0.717) is 17.8 Å². The van der Waals surface area contributed by atoms with Gasteiger partial charge in [-0.1, -0.05) is 30.3 Å². The lowest BCUT2D eigenvalue weighted by atomic mass is 10.1. The molecule has 0 saturated carbocycles. The molecule has 164 valence electrons. The lowest BCUT2D eigenvalue weighted by molar-refractivity contribution is -0.115. The smallest absolute Gasteiger partial charge is 0.323 e. The second kappa shape index (κ2) is 9.60. The van der Waals surface area contributed by atoms with Crippen LogP contribution in [0.15, 0.2) is 66.7 Å². The van der Waals surface area contributed by atoms with E-state index in [-0.39, 0.29) is 18.1 Å². The van der Waals surface area contributed by atoms with Gasteiger partial charge in [0.05, 0.1) is 12.1 Å². The number of carbonyl (C=O) groups is 2. The molecule has 0 spiro atoms. The van der Waals surface area contributed by atoms with Crippen LogP contribution >= 0.6 is 0 Å². The minimum absolute atomic E-state index is 0.0184. The number of nitrogens with one attached hydrogen (secondary N) is 2. The summed E-state index contributed by atoms with van der Waals surface area (Å²) in [4.78, 5) is 26.8. The number of hydrogen-bond donors (Lipinski definition) is 2. The number of halogens is 2. The van der Waals surface area contributed by atoms with Crippen LogP contribution in [0.2, 0.25) is 0 Å². The molecular weight excluding hydrogens is 412 g/mol. The second-order valence-electron chi connectivity index (χ2n) is 7.71. The maximum Gasteiger partial charge on any atom is 0.326 e. The predicted molar refractivity (Wildman–Crippen MR) is 121 cm³/mol. The summed E-state index contributed by atoms with van der Waals surface area (Å²) in [7, 11) is 0. The Labute approximate surface area is 185 Å². The average Bonchev–Trinajstić information content (AvgIpc) is 3.00. The molecule has 5 nitrogen and oxygen atoms in total. The highest BCUT2D eigenvalue weighted by Gasteiger charge is 2.21. The molecule has 0 saturated heterocycles. The molecule has 3 aromatic rings. The molecule has 2 N–H and O–H groups in total. The van der Waals surface area contributed by atoms with E-state index >= 15 is 0 Å². The molecule has 32 heavy (non-hydrogen) atoms. The Morgan fingerprint density at radius 3 is 2.47 bits per heavy atom. The van der Waals surface area contributed by atoms with Crippen LogP contribution in [0.1, 0.15) is 24.0 Å². The summed E-state index contributed by atoms with van der Waals surface area (Å²) in [6.45, 7) is 0.654. The third-order valence-electron chi connectivity index (χ3n) is 5.38. The first-order valence-electron chi connectivity index (χ1n) is 10.5. The molecule has 4 rings (SSSR count). The molecule has 1 aliphatic heterocycles. The Morgan fingerprint density at radius 2 is 1.69 bits per heavy atom. The molecule has 3 aromatic carbocycles. The van der Waals surface area contributed by atoms with Gasteiger partial charge in [-0.2, -0.15) is 0 Å². The number of hydrogen-bond acceptors (Lipinski definition) is 2. The maximum atomic E-state index is 13.7. The average molecular weight is 435 g/mol. The zero-order valence-corrected chi connectivity index (χ0v) is 17.4. The van der Waals surface area contributed by atoms with E-state index in [0.717, 1.165) is 37.1 Å².